The lowest BCUT2D eigenvalue weighted by Gasteiger charge is -2.12. The SMILES string of the molecule is COc1ccc(Nc2cc(Nc3cccc(C)c3)nc(C)n2)cc1OC. The maximum atomic E-state index is 5.34. The van der Waals surface area contributed by atoms with E-state index in [1.807, 2.05) is 43.3 Å². The number of ether oxygens (including phenoxy) is 2. The van der Waals surface area contributed by atoms with Crippen LogP contribution in [0.2, 0.25) is 0 Å². The third kappa shape index (κ3) is 4.22. The Hall–Kier alpha value is -3.28. The molecule has 134 valence electrons. The normalized spacial score (nSPS) is 10.3. The highest BCUT2D eigenvalue weighted by molar-refractivity contribution is 5.65. The van der Waals surface area contributed by atoms with Crippen molar-refractivity contribution in [2.75, 3.05) is 24.9 Å². The Labute approximate surface area is 153 Å². The lowest BCUT2D eigenvalue weighted by Crippen LogP contribution is -2.02. The zero-order valence-electron chi connectivity index (χ0n) is 15.3. The summed E-state index contributed by atoms with van der Waals surface area (Å²) in [5.41, 5.74) is 3.02. The standard InChI is InChI=1S/C20H22N4O2/c1-13-6-5-7-15(10-13)23-19-12-20(22-14(2)21-19)24-16-8-9-17(25-3)18(11-16)26-4/h5-12H,1-4H3,(H2,21,22,23,24). The first-order valence-electron chi connectivity index (χ1n) is 8.26. The maximum Gasteiger partial charge on any atom is 0.162 e. The molecule has 0 unspecified atom stereocenters. The maximum absolute atomic E-state index is 5.34. The van der Waals surface area contributed by atoms with E-state index >= 15 is 0 Å². The van der Waals surface area contributed by atoms with E-state index in [0.717, 1.165) is 17.2 Å². The third-order valence-electron chi connectivity index (χ3n) is 3.78. The van der Waals surface area contributed by atoms with E-state index < -0.39 is 0 Å². The summed E-state index contributed by atoms with van der Waals surface area (Å²) in [5.74, 6) is 3.43. The van der Waals surface area contributed by atoms with Crippen LogP contribution in [0.4, 0.5) is 23.0 Å². The number of anilines is 4. The van der Waals surface area contributed by atoms with Gasteiger partial charge in [0, 0.05) is 23.5 Å². The van der Waals surface area contributed by atoms with Crippen molar-refractivity contribution in [1.29, 1.82) is 0 Å². The molecular formula is C20H22N4O2. The Morgan fingerprint density at radius 3 is 2.00 bits per heavy atom. The minimum absolute atomic E-state index is 0.654. The Bertz CT molecular complexity index is 912. The molecule has 0 fully saturated rings. The zero-order valence-corrected chi connectivity index (χ0v) is 15.3. The van der Waals surface area contributed by atoms with Crippen molar-refractivity contribution in [1.82, 2.24) is 9.97 Å². The van der Waals surface area contributed by atoms with E-state index in [1.54, 1.807) is 14.2 Å². The van der Waals surface area contributed by atoms with Gasteiger partial charge in [0.05, 0.1) is 14.2 Å². The summed E-state index contributed by atoms with van der Waals surface area (Å²) >= 11 is 0. The molecule has 0 atom stereocenters. The van der Waals surface area contributed by atoms with Crippen molar-refractivity contribution < 1.29 is 9.47 Å². The molecule has 6 heteroatoms. The Balaban J connectivity index is 1.83. The first-order chi connectivity index (χ1) is 12.6. The molecule has 0 aliphatic heterocycles. The first-order valence-corrected chi connectivity index (χ1v) is 8.26. The molecule has 1 heterocycles. The summed E-state index contributed by atoms with van der Waals surface area (Å²) in [7, 11) is 3.22. The molecule has 2 N–H and O–H groups in total. The van der Waals surface area contributed by atoms with Gasteiger partial charge in [-0.15, -0.1) is 0 Å². The second-order valence-electron chi connectivity index (χ2n) is 5.87. The van der Waals surface area contributed by atoms with Crippen molar-refractivity contribution in [2.24, 2.45) is 0 Å². The fourth-order valence-electron chi connectivity index (χ4n) is 2.63. The Morgan fingerprint density at radius 2 is 1.38 bits per heavy atom. The minimum atomic E-state index is 0.654. The number of hydrogen-bond donors (Lipinski definition) is 2. The van der Waals surface area contributed by atoms with Crippen molar-refractivity contribution in [3.8, 4) is 11.5 Å². The molecule has 0 bridgehead atoms. The van der Waals surface area contributed by atoms with Crippen LogP contribution in [0.15, 0.2) is 48.5 Å². The molecule has 0 radical (unpaired) electrons. The highest BCUT2D eigenvalue weighted by Crippen LogP contribution is 2.31. The second kappa shape index (κ2) is 7.74. The summed E-state index contributed by atoms with van der Waals surface area (Å²) in [6.07, 6.45) is 0. The lowest BCUT2D eigenvalue weighted by atomic mass is 10.2. The smallest absolute Gasteiger partial charge is 0.162 e. The average molecular weight is 350 g/mol. The quantitative estimate of drug-likeness (QED) is 0.677. The number of hydrogen-bond acceptors (Lipinski definition) is 6. The highest BCUT2D eigenvalue weighted by atomic mass is 16.5. The molecule has 0 aliphatic rings. The molecule has 0 saturated heterocycles. The first kappa shape index (κ1) is 17.5. The second-order valence-corrected chi connectivity index (χ2v) is 5.87. The Kier molecular flexibility index (Phi) is 5.22. The molecule has 0 spiro atoms. The van der Waals surface area contributed by atoms with Gasteiger partial charge in [0.25, 0.3) is 0 Å². The zero-order chi connectivity index (χ0) is 18.5. The highest BCUT2D eigenvalue weighted by Gasteiger charge is 2.07. The molecule has 0 saturated carbocycles. The summed E-state index contributed by atoms with van der Waals surface area (Å²) in [6, 6.07) is 15.6. The Morgan fingerprint density at radius 1 is 0.731 bits per heavy atom. The van der Waals surface area contributed by atoms with Gasteiger partial charge < -0.3 is 20.1 Å². The number of rotatable bonds is 6. The van der Waals surface area contributed by atoms with Crippen LogP contribution in [0.3, 0.4) is 0 Å². The van der Waals surface area contributed by atoms with Crippen molar-refractivity contribution >= 4 is 23.0 Å². The molecule has 3 aromatic rings. The van der Waals surface area contributed by atoms with Crippen molar-refractivity contribution in [2.45, 2.75) is 13.8 Å². The van der Waals surface area contributed by atoms with Gasteiger partial charge in [0.15, 0.2) is 11.5 Å². The molecule has 0 aliphatic carbocycles. The predicted molar refractivity (Wildman–Crippen MR) is 104 cm³/mol. The monoisotopic (exact) mass is 350 g/mol. The van der Waals surface area contributed by atoms with E-state index in [1.165, 1.54) is 5.56 Å². The van der Waals surface area contributed by atoms with E-state index in [0.29, 0.717) is 23.1 Å². The van der Waals surface area contributed by atoms with Gasteiger partial charge in [-0.1, -0.05) is 12.1 Å². The molecule has 1 aromatic heterocycles. The van der Waals surface area contributed by atoms with Crippen LogP contribution in [0.5, 0.6) is 11.5 Å². The van der Waals surface area contributed by atoms with Gasteiger partial charge in [-0.05, 0) is 43.7 Å². The van der Waals surface area contributed by atoms with Crippen LogP contribution in [0.25, 0.3) is 0 Å². The molecule has 3 rings (SSSR count). The van der Waals surface area contributed by atoms with Gasteiger partial charge >= 0.3 is 0 Å². The largest absolute Gasteiger partial charge is 0.493 e. The topological polar surface area (TPSA) is 68.3 Å². The molecule has 0 amide bonds. The number of aryl methyl sites for hydroxylation is 2. The van der Waals surface area contributed by atoms with Crippen LogP contribution < -0.4 is 20.1 Å². The van der Waals surface area contributed by atoms with Crippen LogP contribution in [-0.2, 0) is 0 Å². The van der Waals surface area contributed by atoms with Crippen LogP contribution in [0.1, 0.15) is 11.4 Å². The number of nitrogens with zero attached hydrogens (tertiary/aromatic N) is 2. The van der Waals surface area contributed by atoms with Gasteiger partial charge in [-0.25, -0.2) is 9.97 Å². The summed E-state index contributed by atoms with van der Waals surface area (Å²) in [5, 5.41) is 6.60. The van der Waals surface area contributed by atoms with E-state index in [9.17, 15) is 0 Å². The molecule has 26 heavy (non-hydrogen) atoms. The summed E-state index contributed by atoms with van der Waals surface area (Å²) < 4.78 is 10.6. The van der Waals surface area contributed by atoms with Crippen molar-refractivity contribution in [3.05, 3.63) is 59.9 Å². The molecular weight excluding hydrogens is 328 g/mol. The van der Waals surface area contributed by atoms with E-state index in [-0.39, 0.29) is 0 Å². The van der Waals surface area contributed by atoms with Gasteiger partial charge in [-0.3, -0.25) is 0 Å². The number of aromatic nitrogens is 2. The van der Waals surface area contributed by atoms with Crippen molar-refractivity contribution in [3.63, 3.8) is 0 Å². The third-order valence-corrected chi connectivity index (χ3v) is 3.78. The fraction of sp³-hybridized carbons (Fsp3) is 0.200. The fourth-order valence-corrected chi connectivity index (χ4v) is 2.63. The number of nitrogens with one attached hydrogen (secondary N) is 2. The van der Waals surface area contributed by atoms with Crippen LogP contribution in [-0.4, -0.2) is 24.2 Å². The van der Waals surface area contributed by atoms with Crippen LogP contribution in [0, 0.1) is 13.8 Å². The van der Waals surface area contributed by atoms with Gasteiger partial charge in [0.2, 0.25) is 0 Å². The van der Waals surface area contributed by atoms with E-state index in [4.69, 9.17) is 9.47 Å². The van der Waals surface area contributed by atoms with Gasteiger partial charge in [-0.2, -0.15) is 0 Å². The van der Waals surface area contributed by atoms with E-state index in [2.05, 4.69) is 39.7 Å². The molecule has 2 aromatic carbocycles. The minimum Gasteiger partial charge on any atom is -0.493 e. The predicted octanol–water partition coefficient (Wildman–Crippen LogP) is 4.60. The molecule has 6 nitrogen and oxygen atoms in total. The van der Waals surface area contributed by atoms with Gasteiger partial charge in [0.1, 0.15) is 17.5 Å². The number of benzene rings is 2. The lowest BCUT2D eigenvalue weighted by molar-refractivity contribution is 0.355. The number of methoxy groups -OCH3 is 2. The summed E-state index contributed by atoms with van der Waals surface area (Å²) in [4.78, 5) is 8.91. The summed E-state index contributed by atoms with van der Waals surface area (Å²) in [6.45, 7) is 3.92. The average Bonchev–Trinajstić information content (AvgIpc) is 2.61. The van der Waals surface area contributed by atoms with Crippen LogP contribution >= 0.6 is 0 Å².